The molecule has 3 atom stereocenters. The van der Waals surface area contributed by atoms with E-state index in [4.69, 9.17) is 14.6 Å². The van der Waals surface area contributed by atoms with Gasteiger partial charge >= 0.3 is 0 Å². The van der Waals surface area contributed by atoms with E-state index in [-0.39, 0.29) is 36.1 Å². The average molecular weight is 420 g/mol. The number of halogens is 1. The molecule has 5 nitrogen and oxygen atoms in total. The number of hydrogen-bond acceptors (Lipinski definition) is 5. The molecule has 0 spiro atoms. The molecule has 0 aliphatic carbocycles. The molecule has 0 unspecified atom stereocenters. The van der Waals surface area contributed by atoms with Gasteiger partial charge in [0.2, 0.25) is 6.29 Å². The van der Waals surface area contributed by atoms with Crippen LogP contribution in [0.1, 0.15) is 48.6 Å². The van der Waals surface area contributed by atoms with Crippen molar-refractivity contribution in [2.24, 2.45) is 0 Å². The largest absolute Gasteiger partial charge is 0.459 e. The summed E-state index contributed by atoms with van der Waals surface area (Å²) in [6.07, 6.45) is 3.34. The molecule has 3 rings (SSSR count). The number of aliphatic hydroxyl groups excluding tert-OH is 1. The van der Waals surface area contributed by atoms with E-state index in [1.807, 2.05) is 30.5 Å². The third-order valence-electron chi connectivity index (χ3n) is 4.76. The molecule has 0 fully saturated rings. The molecule has 29 heavy (non-hydrogen) atoms. The van der Waals surface area contributed by atoms with Gasteiger partial charge in [0, 0.05) is 23.8 Å². The number of carbonyl (C=O) groups excluding carboxylic acids is 1. The van der Waals surface area contributed by atoms with Crippen molar-refractivity contribution in [3.05, 3.63) is 69.9 Å². The van der Waals surface area contributed by atoms with Gasteiger partial charge in [0.1, 0.15) is 5.82 Å². The Balaban J connectivity index is 1.68. The van der Waals surface area contributed by atoms with Crippen LogP contribution in [0.15, 0.2) is 53.6 Å². The molecular formula is C22H26FNO4S. The van der Waals surface area contributed by atoms with Gasteiger partial charge in [-0.1, -0.05) is 18.2 Å². The highest BCUT2D eigenvalue weighted by atomic mass is 32.1. The van der Waals surface area contributed by atoms with Crippen LogP contribution < -0.4 is 5.32 Å². The predicted octanol–water partition coefficient (Wildman–Crippen LogP) is 4.27. The first-order valence-corrected chi connectivity index (χ1v) is 10.7. The van der Waals surface area contributed by atoms with Crippen LogP contribution in [0.5, 0.6) is 0 Å². The minimum atomic E-state index is -0.521. The van der Waals surface area contributed by atoms with Gasteiger partial charge < -0.3 is 19.9 Å². The summed E-state index contributed by atoms with van der Waals surface area (Å²) in [4.78, 5) is 14.0. The highest BCUT2D eigenvalue weighted by Gasteiger charge is 2.29. The first kappa shape index (κ1) is 21.5. The summed E-state index contributed by atoms with van der Waals surface area (Å²) in [7, 11) is 0. The number of hydrogen-bond donors (Lipinski definition) is 2. The first-order valence-electron chi connectivity index (χ1n) is 9.77. The van der Waals surface area contributed by atoms with Gasteiger partial charge in [0.15, 0.2) is 5.76 Å². The van der Waals surface area contributed by atoms with E-state index in [1.165, 1.54) is 12.1 Å². The Morgan fingerprint density at radius 3 is 2.83 bits per heavy atom. The summed E-state index contributed by atoms with van der Waals surface area (Å²) < 4.78 is 24.8. The van der Waals surface area contributed by atoms with Gasteiger partial charge in [0.25, 0.3) is 5.91 Å². The molecule has 0 radical (unpaired) electrons. The molecule has 2 aromatic rings. The summed E-state index contributed by atoms with van der Waals surface area (Å²) in [5, 5.41) is 13.8. The molecule has 0 saturated heterocycles. The summed E-state index contributed by atoms with van der Waals surface area (Å²) >= 11 is 1.63. The Hall–Kier alpha value is -2.22. The number of aliphatic hydroxyl groups is 1. The highest BCUT2D eigenvalue weighted by molar-refractivity contribution is 7.10. The van der Waals surface area contributed by atoms with Crippen LogP contribution >= 0.6 is 11.3 Å². The number of benzene rings is 1. The van der Waals surface area contributed by atoms with Crippen molar-refractivity contribution < 1.29 is 23.8 Å². The molecule has 1 aliphatic rings. The number of allylic oxidation sites excluding steroid dienone is 1. The van der Waals surface area contributed by atoms with Crippen molar-refractivity contribution in [1.82, 2.24) is 5.32 Å². The van der Waals surface area contributed by atoms with Gasteiger partial charge in [-0.15, -0.1) is 11.3 Å². The van der Waals surface area contributed by atoms with Crippen LogP contribution in [0.25, 0.3) is 0 Å². The smallest absolute Gasteiger partial charge is 0.286 e. The van der Waals surface area contributed by atoms with E-state index in [0.29, 0.717) is 19.4 Å². The zero-order valence-corrected chi connectivity index (χ0v) is 17.2. The van der Waals surface area contributed by atoms with Gasteiger partial charge in [0.05, 0.1) is 12.6 Å². The summed E-state index contributed by atoms with van der Waals surface area (Å²) in [6.45, 7) is 2.43. The van der Waals surface area contributed by atoms with E-state index in [1.54, 1.807) is 23.5 Å². The quantitative estimate of drug-likeness (QED) is 0.596. The number of nitrogens with one attached hydrogen (secondary N) is 1. The van der Waals surface area contributed by atoms with Crippen LogP contribution in [0.4, 0.5) is 4.39 Å². The van der Waals surface area contributed by atoms with Gasteiger partial charge in [-0.05, 0) is 55.0 Å². The Kier molecular flexibility index (Phi) is 7.80. The average Bonchev–Trinajstić information content (AvgIpc) is 3.26. The maximum atomic E-state index is 13.1. The fraction of sp³-hybridized carbons (Fsp3) is 0.409. The second kappa shape index (κ2) is 10.5. The summed E-state index contributed by atoms with van der Waals surface area (Å²) in [5.41, 5.74) is 0.808. The van der Waals surface area contributed by atoms with Crippen LogP contribution in [0, 0.1) is 5.82 Å². The van der Waals surface area contributed by atoms with E-state index in [9.17, 15) is 9.18 Å². The maximum absolute atomic E-state index is 13.1. The lowest BCUT2D eigenvalue weighted by Gasteiger charge is -2.29. The fourth-order valence-corrected chi connectivity index (χ4v) is 3.96. The number of thiophene rings is 1. The van der Waals surface area contributed by atoms with Gasteiger partial charge in [-0.2, -0.15) is 0 Å². The van der Waals surface area contributed by atoms with Crippen LogP contribution in [0.3, 0.4) is 0 Å². The molecule has 7 heteroatoms. The van der Waals surface area contributed by atoms with Crippen molar-refractivity contribution >= 4 is 17.2 Å². The summed E-state index contributed by atoms with van der Waals surface area (Å²) in [6, 6.07) is 9.77. The minimum absolute atomic E-state index is 0.0356. The number of rotatable bonds is 9. The number of amides is 1. The first-order chi connectivity index (χ1) is 14.1. The van der Waals surface area contributed by atoms with Gasteiger partial charge in [-0.3, -0.25) is 4.79 Å². The lowest BCUT2D eigenvalue weighted by atomic mass is 9.99. The number of ether oxygens (including phenoxy) is 2. The lowest BCUT2D eigenvalue weighted by Crippen LogP contribution is -2.34. The van der Waals surface area contributed by atoms with E-state index < -0.39 is 6.29 Å². The Morgan fingerprint density at radius 1 is 1.34 bits per heavy atom. The maximum Gasteiger partial charge on any atom is 0.286 e. The van der Waals surface area contributed by atoms with Crippen LogP contribution in [-0.2, 0) is 14.3 Å². The van der Waals surface area contributed by atoms with Crippen LogP contribution in [-0.4, -0.2) is 30.5 Å². The molecule has 1 aromatic heterocycles. The standard InChI is InChI=1S/C22H26FNO4S/c1-15(16-6-8-18(23)9-7-16)24-22(26)19-13-17(20-5-4-12-29-20)14-21(28-19)27-11-3-2-10-25/h4-9,12-13,15,17,21,25H,2-3,10-11,14H2,1H3,(H,24,26)/t15-,17+,21-/m0/s1. The van der Waals surface area contributed by atoms with Crippen molar-refractivity contribution in [2.75, 3.05) is 13.2 Å². The monoisotopic (exact) mass is 419 g/mol. The SMILES string of the molecule is C[C@H](NC(=O)C1=C[C@@H](c2cccs2)C[C@@H](OCCCCO)O1)c1ccc(F)cc1. The Morgan fingerprint density at radius 2 is 2.14 bits per heavy atom. The predicted molar refractivity (Wildman–Crippen MR) is 110 cm³/mol. The molecule has 2 N–H and O–H groups in total. The Bertz CT molecular complexity index is 807. The van der Waals surface area contributed by atoms with Crippen molar-refractivity contribution in [1.29, 1.82) is 0 Å². The molecule has 1 aromatic carbocycles. The molecule has 2 heterocycles. The molecule has 0 bridgehead atoms. The van der Waals surface area contributed by atoms with E-state index in [2.05, 4.69) is 5.32 Å². The van der Waals surface area contributed by atoms with Crippen molar-refractivity contribution in [3.8, 4) is 0 Å². The second-order valence-corrected chi connectivity index (χ2v) is 7.96. The molecule has 1 amide bonds. The number of unbranched alkanes of at least 4 members (excludes halogenated alkanes) is 1. The second-order valence-electron chi connectivity index (χ2n) is 6.98. The molecule has 1 aliphatic heterocycles. The summed E-state index contributed by atoms with van der Waals surface area (Å²) in [5.74, 6) is -0.373. The normalized spacial score (nSPS) is 19.9. The van der Waals surface area contributed by atoms with Crippen LogP contribution in [0.2, 0.25) is 0 Å². The number of carbonyl (C=O) groups is 1. The zero-order chi connectivity index (χ0) is 20.6. The minimum Gasteiger partial charge on any atom is -0.459 e. The molecule has 0 saturated carbocycles. The molecule has 156 valence electrons. The fourth-order valence-electron chi connectivity index (χ4n) is 3.15. The zero-order valence-electron chi connectivity index (χ0n) is 16.3. The third kappa shape index (κ3) is 6.13. The molecular weight excluding hydrogens is 393 g/mol. The van der Waals surface area contributed by atoms with Crippen molar-refractivity contribution in [3.63, 3.8) is 0 Å². The van der Waals surface area contributed by atoms with E-state index >= 15 is 0 Å². The third-order valence-corrected chi connectivity index (χ3v) is 5.77. The highest BCUT2D eigenvalue weighted by Crippen LogP contribution is 2.34. The Labute approximate surface area is 174 Å². The van der Waals surface area contributed by atoms with E-state index in [0.717, 1.165) is 16.9 Å². The van der Waals surface area contributed by atoms with Gasteiger partial charge in [-0.25, -0.2) is 4.39 Å². The lowest BCUT2D eigenvalue weighted by molar-refractivity contribution is -0.146. The topological polar surface area (TPSA) is 67.8 Å². The van der Waals surface area contributed by atoms with Crippen molar-refractivity contribution in [2.45, 2.75) is 44.4 Å².